The number of hydrogen-bond acceptors (Lipinski definition) is 5. The highest BCUT2D eigenvalue weighted by atomic mass is 32.2. The molecule has 1 aromatic carbocycles. The lowest BCUT2D eigenvalue weighted by Gasteiger charge is -2.18. The molecule has 0 aromatic heterocycles. The van der Waals surface area contributed by atoms with Crippen molar-refractivity contribution in [3.05, 3.63) is 18.2 Å². The molecular formula is C12H15N3O4S2. The maximum absolute atomic E-state index is 12.1. The standard InChI is InChI=1S/C12H15N3O4S2/c1-3-20(2)14-8-4-5-9-10(6-8)21(18,19)15-11(13-9)7-12(16)17/h3-6,14H,7H2,1-2H3,(H,13,15)(H,16,17). The van der Waals surface area contributed by atoms with Crippen LogP contribution in [0.2, 0.25) is 0 Å². The summed E-state index contributed by atoms with van der Waals surface area (Å²) >= 11 is 0. The summed E-state index contributed by atoms with van der Waals surface area (Å²) in [5.74, 6) is -1.24. The Balaban J connectivity index is 2.40. The number of anilines is 2. The molecule has 1 atom stereocenters. The number of fused-ring (bicyclic) bond motifs is 1. The minimum Gasteiger partial charge on any atom is -0.481 e. The van der Waals surface area contributed by atoms with E-state index in [0.29, 0.717) is 11.4 Å². The van der Waals surface area contributed by atoms with E-state index in [1.165, 1.54) is 6.07 Å². The number of benzene rings is 1. The van der Waals surface area contributed by atoms with Crippen LogP contribution < -0.4 is 10.0 Å². The summed E-state index contributed by atoms with van der Waals surface area (Å²) in [7, 11) is -4.06. The monoisotopic (exact) mass is 329 g/mol. The molecule has 3 N–H and O–H groups in total. The first-order valence-corrected chi connectivity index (χ1v) is 9.13. The van der Waals surface area contributed by atoms with Crippen LogP contribution in [0.15, 0.2) is 27.5 Å². The van der Waals surface area contributed by atoms with Crippen molar-refractivity contribution in [2.24, 2.45) is 4.40 Å². The second-order valence-electron chi connectivity index (χ2n) is 4.31. The van der Waals surface area contributed by atoms with E-state index in [2.05, 4.69) is 14.4 Å². The molecule has 9 heteroatoms. The van der Waals surface area contributed by atoms with Gasteiger partial charge in [0.2, 0.25) is 0 Å². The number of rotatable bonds is 4. The zero-order valence-corrected chi connectivity index (χ0v) is 13.1. The Kier molecular flexibility index (Phi) is 4.33. The Labute approximate surface area is 125 Å². The summed E-state index contributed by atoms with van der Waals surface area (Å²) in [5.41, 5.74) is 1.00. The van der Waals surface area contributed by atoms with Gasteiger partial charge in [-0.3, -0.25) is 4.79 Å². The third kappa shape index (κ3) is 3.61. The number of carboxylic acids is 1. The van der Waals surface area contributed by atoms with Crippen molar-refractivity contribution in [2.75, 3.05) is 16.3 Å². The molecule has 0 amide bonds. The molecule has 0 fully saturated rings. The van der Waals surface area contributed by atoms with Crippen LogP contribution >= 0.6 is 10.7 Å². The van der Waals surface area contributed by atoms with Crippen LogP contribution in [0.4, 0.5) is 11.4 Å². The van der Waals surface area contributed by atoms with Gasteiger partial charge in [0.15, 0.2) is 0 Å². The smallest absolute Gasteiger partial charge is 0.311 e. The van der Waals surface area contributed by atoms with Crippen molar-refractivity contribution < 1.29 is 18.3 Å². The number of hydrogen-bond donors (Lipinski definition) is 3. The predicted molar refractivity (Wildman–Crippen MR) is 85.8 cm³/mol. The molecule has 0 spiro atoms. The second kappa shape index (κ2) is 5.86. The summed E-state index contributed by atoms with van der Waals surface area (Å²) < 4.78 is 30.9. The van der Waals surface area contributed by atoms with E-state index in [0.717, 1.165) is 0 Å². The quantitative estimate of drug-likeness (QED) is 0.726. The molecular weight excluding hydrogens is 314 g/mol. The second-order valence-corrected chi connectivity index (χ2v) is 7.68. The minimum absolute atomic E-state index is 0.0368. The van der Waals surface area contributed by atoms with Gasteiger partial charge in [-0.15, -0.1) is 15.1 Å². The largest absolute Gasteiger partial charge is 0.481 e. The normalized spacial score (nSPS) is 17.3. The van der Waals surface area contributed by atoms with Gasteiger partial charge < -0.3 is 15.1 Å². The fraction of sp³-hybridized carbons (Fsp3) is 0.250. The summed E-state index contributed by atoms with van der Waals surface area (Å²) in [6, 6.07) is 4.82. The van der Waals surface area contributed by atoms with Crippen LogP contribution in [-0.4, -0.2) is 37.0 Å². The zero-order valence-electron chi connectivity index (χ0n) is 11.5. The number of nitrogens with zero attached hydrogens (tertiary/aromatic N) is 1. The molecule has 1 unspecified atom stereocenters. The van der Waals surface area contributed by atoms with Crippen LogP contribution in [0, 0.1) is 0 Å². The lowest BCUT2D eigenvalue weighted by atomic mass is 10.2. The molecule has 0 bridgehead atoms. The van der Waals surface area contributed by atoms with Crippen LogP contribution in [0.3, 0.4) is 0 Å². The lowest BCUT2D eigenvalue weighted by molar-refractivity contribution is -0.135. The Morgan fingerprint density at radius 1 is 1.52 bits per heavy atom. The van der Waals surface area contributed by atoms with Gasteiger partial charge >= 0.3 is 5.97 Å². The highest BCUT2D eigenvalue weighted by Gasteiger charge is 2.26. The first-order valence-electron chi connectivity index (χ1n) is 5.99. The molecule has 21 heavy (non-hydrogen) atoms. The number of sulfonamides is 1. The summed E-state index contributed by atoms with van der Waals surface area (Å²) in [5, 5.41) is 13.4. The van der Waals surface area contributed by atoms with E-state index in [1.807, 2.05) is 18.5 Å². The Bertz CT molecular complexity index is 754. The molecule has 1 aliphatic rings. The predicted octanol–water partition coefficient (Wildman–Crippen LogP) is 1.72. The molecule has 0 saturated carbocycles. The topological polar surface area (TPSA) is 108 Å². The van der Waals surface area contributed by atoms with Crippen molar-refractivity contribution in [2.45, 2.75) is 18.2 Å². The minimum atomic E-state index is -3.89. The maximum Gasteiger partial charge on any atom is 0.311 e. The van der Waals surface area contributed by atoms with Crippen molar-refractivity contribution in [1.29, 1.82) is 0 Å². The van der Waals surface area contributed by atoms with Crippen LogP contribution in [0.1, 0.15) is 13.3 Å². The number of nitrogens with one attached hydrogen (secondary N) is 2. The fourth-order valence-electron chi connectivity index (χ4n) is 1.74. The number of carboxylic acid groups (broad SMARTS) is 1. The van der Waals surface area contributed by atoms with Crippen LogP contribution in [0.5, 0.6) is 0 Å². The summed E-state index contributed by atoms with van der Waals surface area (Å²) in [4.78, 5) is 10.7. The van der Waals surface area contributed by atoms with Crippen LogP contribution in [0.25, 0.3) is 0 Å². The maximum atomic E-state index is 12.1. The van der Waals surface area contributed by atoms with Crippen molar-refractivity contribution in [3.63, 3.8) is 0 Å². The van der Waals surface area contributed by atoms with Gasteiger partial charge in [0.05, 0.1) is 5.69 Å². The van der Waals surface area contributed by atoms with Crippen molar-refractivity contribution in [3.8, 4) is 0 Å². The first kappa shape index (κ1) is 15.5. The third-order valence-corrected chi connectivity index (χ3v) is 5.34. The Hall–Kier alpha value is -1.87. The van der Waals surface area contributed by atoms with E-state index >= 15 is 0 Å². The molecule has 1 aromatic rings. The van der Waals surface area contributed by atoms with Gasteiger partial charge in [0.25, 0.3) is 10.0 Å². The van der Waals surface area contributed by atoms with Gasteiger partial charge in [0, 0.05) is 5.69 Å². The molecule has 2 rings (SSSR count). The van der Waals surface area contributed by atoms with E-state index in [1.54, 1.807) is 12.1 Å². The average molecular weight is 329 g/mol. The molecule has 7 nitrogen and oxygen atoms in total. The fourth-order valence-corrected chi connectivity index (χ4v) is 3.53. The average Bonchev–Trinajstić information content (AvgIpc) is 2.38. The highest BCUT2D eigenvalue weighted by molar-refractivity contribution is 8.15. The SMILES string of the molecule is C/C=S(\C)Nc1ccc2c(c1)S(=O)(=O)N=C(CC(=O)O)N2. The zero-order chi connectivity index (χ0) is 15.6. The number of aliphatic carboxylic acids is 1. The molecule has 1 aliphatic heterocycles. The van der Waals surface area contributed by atoms with E-state index in [-0.39, 0.29) is 21.4 Å². The van der Waals surface area contributed by atoms with Gasteiger partial charge in [-0.05, 0) is 36.7 Å². The van der Waals surface area contributed by atoms with Crippen LogP contribution in [-0.2, 0) is 14.8 Å². The highest BCUT2D eigenvalue weighted by Crippen LogP contribution is 2.31. The third-order valence-electron chi connectivity index (χ3n) is 2.72. The van der Waals surface area contributed by atoms with Gasteiger partial charge in [-0.1, -0.05) is 0 Å². The van der Waals surface area contributed by atoms with E-state index < -0.39 is 22.4 Å². The summed E-state index contributed by atoms with van der Waals surface area (Å²) in [6.45, 7) is 1.91. The van der Waals surface area contributed by atoms with Crippen molar-refractivity contribution >= 4 is 49.2 Å². The first-order chi connectivity index (χ1) is 9.81. The lowest BCUT2D eigenvalue weighted by Crippen LogP contribution is -2.24. The molecule has 0 radical (unpaired) electrons. The van der Waals surface area contributed by atoms with Gasteiger partial charge in [-0.2, -0.15) is 8.42 Å². The van der Waals surface area contributed by atoms with E-state index in [9.17, 15) is 13.2 Å². The number of amidine groups is 1. The van der Waals surface area contributed by atoms with Gasteiger partial charge in [0.1, 0.15) is 17.2 Å². The number of carbonyl (C=O) groups is 1. The van der Waals surface area contributed by atoms with Gasteiger partial charge in [-0.25, -0.2) is 0 Å². The Morgan fingerprint density at radius 3 is 2.86 bits per heavy atom. The van der Waals surface area contributed by atoms with E-state index in [4.69, 9.17) is 5.11 Å². The molecule has 0 saturated heterocycles. The molecule has 0 aliphatic carbocycles. The molecule has 114 valence electrons. The summed E-state index contributed by atoms with van der Waals surface area (Å²) in [6.07, 6.45) is 1.50. The van der Waals surface area contributed by atoms with Crippen molar-refractivity contribution in [1.82, 2.24) is 0 Å². The molecule has 1 heterocycles. The Morgan fingerprint density at radius 2 is 2.24 bits per heavy atom.